The number of aliphatic hydroxyl groups is 1. The maximum atomic E-state index is 11.6. The summed E-state index contributed by atoms with van der Waals surface area (Å²) in [7, 11) is 1.63. The number of methoxy groups -OCH3 is 1. The summed E-state index contributed by atoms with van der Waals surface area (Å²) in [5.74, 6) is 0.239. The van der Waals surface area contributed by atoms with Crippen LogP contribution in [0.15, 0.2) is 0 Å². The van der Waals surface area contributed by atoms with E-state index in [0.29, 0.717) is 13.0 Å². The molecule has 96 valence electrons. The van der Waals surface area contributed by atoms with Gasteiger partial charge in [-0.15, -0.1) is 0 Å². The lowest BCUT2D eigenvalue weighted by molar-refractivity contribution is -0.122. The SMILES string of the molecule is COCC(C)CC(=O)NC(C)C(CO)SC. The quantitative estimate of drug-likeness (QED) is 0.671. The molecule has 0 bridgehead atoms. The summed E-state index contributed by atoms with van der Waals surface area (Å²) in [6.07, 6.45) is 2.39. The molecule has 0 aliphatic heterocycles. The summed E-state index contributed by atoms with van der Waals surface area (Å²) in [6.45, 7) is 4.56. The molecule has 16 heavy (non-hydrogen) atoms. The number of ether oxygens (including phenoxy) is 1. The highest BCUT2D eigenvalue weighted by molar-refractivity contribution is 7.99. The van der Waals surface area contributed by atoms with E-state index in [4.69, 9.17) is 9.84 Å². The third kappa shape index (κ3) is 6.35. The van der Waals surface area contributed by atoms with Gasteiger partial charge in [0.25, 0.3) is 0 Å². The number of aliphatic hydroxyl groups excluding tert-OH is 1. The Morgan fingerprint density at radius 2 is 2.12 bits per heavy atom. The number of amides is 1. The fourth-order valence-corrected chi connectivity index (χ4v) is 2.13. The summed E-state index contributed by atoms with van der Waals surface area (Å²) < 4.78 is 4.98. The van der Waals surface area contributed by atoms with E-state index < -0.39 is 0 Å². The average Bonchev–Trinajstić information content (AvgIpc) is 2.19. The molecule has 0 aromatic rings. The Morgan fingerprint density at radius 1 is 1.50 bits per heavy atom. The summed E-state index contributed by atoms with van der Waals surface area (Å²) in [6, 6.07) is -0.0118. The van der Waals surface area contributed by atoms with E-state index in [1.165, 1.54) is 0 Å². The van der Waals surface area contributed by atoms with Gasteiger partial charge in [0.15, 0.2) is 0 Å². The highest BCUT2D eigenvalue weighted by atomic mass is 32.2. The number of carbonyl (C=O) groups excluding carboxylic acids is 1. The number of hydrogen-bond acceptors (Lipinski definition) is 4. The second-order valence-electron chi connectivity index (χ2n) is 4.08. The van der Waals surface area contributed by atoms with Gasteiger partial charge in [-0.3, -0.25) is 4.79 Å². The monoisotopic (exact) mass is 249 g/mol. The lowest BCUT2D eigenvalue weighted by atomic mass is 10.1. The molecule has 0 saturated heterocycles. The minimum absolute atomic E-state index is 0.0118. The van der Waals surface area contributed by atoms with Gasteiger partial charge in [0.2, 0.25) is 5.91 Å². The van der Waals surface area contributed by atoms with Gasteiger partial charge in [0.1, 0.15) is 0 Å². The van der Waals surface area contributed by atoms with Gasteiger partial charge in [-0.2, -0.15) is 11.8 Å². The minimum Gasteiger partial charge on any atom is -0.395 e. The number of hydrogen-bond donors (Lipinski definition) is 2. The maximum Gasteiger partial charge on any atom is 0.220 e. The van der Waals surface area contributed by atoms with Crippen molar-refractivity contribution in [2.45, 2.75) is 31.6 Å². The molecule has 3 atom stereocenters. The van der Waals surface area contributed by atoms with Crippen LogP contribution in [-0.2, 0) is 9.53 Å². The number of rotatable bonds is 8. The molecule has 0 rings (SSSR count). The highest BCUT2D eigenvalue weighted by Gasteiger charge is 2.18. The standard InChI is InChI=1S/C11H23NO3S/c1-8(7-15-3)5-11(14)12-9(2)10(6-13)16-4/h8-10,13H,5-7H2,1-4H3,(H,12,14). The van der Waals surface area contributed by atoms with Crippen LogP contribution in [0, 0.1) is 5.92 Å². The van der Waals surface area contributed by atoms with Crippen molar-refractivity contribution in [2.75, 3.05) is 26.6 Å². The van der Waals surface area contributed by atoms with Crippen molar-refractivity contribution in [1.82, 2.24) is 5.32 Å². The first-order valence-electron chi connectivity index (χ1n) is 5.47. The molecular weight excluding hydrogens is 226 g/mol. The molecule has 3 unspecified atom stereocenters. The van der Waals surface area contributed by atoms with Gasteiger partial charge in [-0.25, -0.2) is 0 Å². The Morgan fingerprint density at radius 3 is 2.56 bits per heavy atom. The van der Waals surface area contributed by atoms with Gasteiger partial charge in [0.05, 0.1) is 6.61 Å². The third-order valence-corrected chi connectivity index (χ3v) is 3.58. The largest absolute Gasteiger partial charge is 0.395 e. The highest BCUT2D eigenvalue weighted by Crippen LogP contribution is 2.11. The molecule has 1 amide bonds. The maximum absolute atomic E-state index is 11.6. The predicted octanol–water partition coefficient (Wildman–Crippen LogP) is 0.888. The fourth-order valence-electron chi connectivity index (χ4n) is 1.50. The summed E-state index contributed by atoms with van der Waals surface area (Å²) in [5.41, 5.74) is 0. The Labute approximate surface area is 102 Å². The van der Waals surface area contributed by atoms with E-state index in [-0.39, 0.29) is 29.7 Å². The van der Waals surface area contributed by atoms with Crippen LogP contribution in [0.2, 0.25) is 0 Å². The van der Waals surface area contributed by atoms with Gasteiger partial charge >= 0.3 is 0 Å². The molecule has 4 nitrogen and oxygen atoms in total. The Bertz CT molecular complexity index is 198. The van der Waals surface area contributed by atoms with Crippen LogP contribution in [0.5, 0.6) is 0 Å². The molecule has 0 aliphatic rings. The first-order valence-corrected chi connectivity index (χ1v) is 6.75. The van der Waals surface area contributed by atoms with Crippen molar-refractivity contribution < 1.29 is 14.6 Å². The number of nitrogens with one attached hydrogen (secondary N) is 1. The zero-order chi connectivity index (χ0) is 12.6. The van der Waals surface area contributed by atoms with Crippen LogP contribution in [0.3, 0.4) is 0 Å². The van der Waals surface area contributed by atoms with Crippen LogP contribution in [0.4, 0.5) is 0 Å². The van der Waals surface area contributed by atoms with Crippen LogP contribution >= 0.6 is 11.8 Å². The Kier molecular flexibility index (Phi) is 8.70. The molecule has 0 radical (unpaired) electrons. The molecule has 0 spiro atoms. The Balaban J connectivity index is 3.94. The van der Waals surface area contributed by atoms with Crippen molar-refractivity contribution in [2.24, 2.45) is 5.92 Å². The van der Waals surface area contributed by atoms with Gasteiger partial charge < -0.3 is 15.2 Å². The number of carbonyl (C=O) groups is 1. The van der Waals surface area contributed by atoms with Crippen molar-refractivity contribution >= 4 is 17.7 Å². The van der Waals surface area contributed by atoms with Crippen molar-refractivity contribution in [3.8, 4) is 0 Å². The van der Waals surface area contributed by atoms with E-state index in [0.717, 1.165) is 0 Å². The zero-order valence-electron chi connectivity index (χ0n) is 10.5. The van der Waals surface area contributed by atoms with Crippen molar-refractivity contribution in [3.05, 3.63) is 0 Å². The topological polar surface area (TPSA) is 58.6 Å². The third-order valence-electron chi connectivity index (χ3n) is 2.41. The molecule has 0 aromatic heterocycles. The molecule has 2 N–H and O–H groups in total. The van der Waals surface area contributed by atoms with E-state index in [2.05, 4.69) is 5.32 Å². The zero-order valence-corrected chi connectivity index (χ0v) is 11.3. The lowest BCUT2D eigenvalue weighted by Gasteiger charge is -2.22. The summed E-state index contributed by atoms with van der Waals surface area (Å²) in [5, 5.41) is 12.0. The fraction of sp³-hybridized carbons (Fsp3) is 0.909. The van der Waals surface area contributed by atoms with Crippen LogP contribution in [0.1, 0.15) is 20.3 Å². The van der Waals surface area contributed by atoms with E-state index in [9.17, 15) is 4.79 Å². The first-order chi connectivity index (χ1) is 7.54. The summed E-state index contributed by atoms with van der Waals surface area (Å²) >= 11 is 1.56. The summed E-state index contributed by atoms with van der Waals surface area (Å²) in [4.78, 5) is 11.6. The normalized spacial score (nSPS) is 16.6. The van der Waals surface area contributed by atoms with Gasteiger partial charge in [-0.05, 0) is 19.1 Å². The Hall–Kier alpha value is -0.260. The first kappa shape index (κ1) is 15.7. The van der Waals surface area contributed by atoms with Crippen molar-refractivity contribution in [3.63, 3.8) is 0 Å². The van der Waals surface area contributed by atoms with E-state index in [1.54, 1.807) is 18.9 Å². The smallest absolute Gasteiger partial charge is 0.220 e. The van der Waals surface area contributed by atoms with Crippen LogP contribution in [0.25, 0.3) is 0 Å². The molecule has 0 heterocycles. The average molecular weight is 249 g/mol. The predicted molar refractivity (Wildman–Crippen MR) is 67.7 cm³/mol. The lowest BCUT2D eigenvalue weighted by Crippen LogP contribution is -2.41. The molecular formula is C11H23NO3S. The van der Waals surface area contributed by atoms with E-state index >= 15 is 0 Å². The molecule has 0 fully saturated rings. The molecule has 0 saturated carbocycles. The second-order valence-corrected chi connectivity index (χ2v) is 5.15. The molecule has 0 aliphatic carbocycles. The van der Waals surface area contributed by atoms with Crippen LogP contribution < -0.4 is 5.32 Å². The molecule has 0 aromatic carbocycles. The number of thioether (sulfide) groups is 1. The van der Waals surface area contributed by atoms with Crippen LogP contribution in [-0.4, -0.2) is 48.9 Å². The van der Waals surface area contributed by atoms with Gasteiger partial charge in [0, 0.05) is 31.4 Å². The van der Waals surface area contributed by atoms with E-state index in [1.807, 2.05) is 20.1 Å². The molecule has 5 heteroatoms. The minimum atomic E-state index is -0.0118. The van der Waals surface area contributed by atoms with Gasteiger partial charge in [-0.1, -0.05) is 6.92 Å². The van der Waals surface area contributed by atoms with Crippen molar-refractivity contribution in [1.29, 1.82) is 0 Å². The second kappa shape index (κ2) is 8.84.